The topological polar surface area (TPSA) is 30.7 Å². The minimum Gasteiger partial charge on any atom is -0.309 e. The van der Waals surface area contributed by atoms with Gasteiger partial charge in [-0.25, -0.2) is 0 Å². The van der Waals surface area contributed by atoms with Gasteiger partial charge in [-0.05, 0) is 101 Å². The minimum absolute atomic E-state index is 0.00849. The number of nitrogens with zero attached hydrogens (tertiary/aromatic N) is 3. The molecule has 0 saturated heterocycles. The van der Waals surface area contributed by atoms with Crippen molar-refractivity contribution < 1.29 is 0 Å². The van der Waals surface area contributed by atoms with Crippen molar-refractivity contribution in [2.24, 2.45) is 0 Å². The van der Waals surface area contributed by atoms with Crippen LogP contribution < -0.4 is 0 Å². The molecule has 0 radical (unpaired) electrons. The minimum atomic E-state index is 0.00849. The van der Waals surface area contributed by atoms with Crippen LogP contribution in [0, 0.1) is 0 Å². The van der Waals surface area contributed by atoms with Crippen LogP contribution in [0.25, 0.3) is 60.9 Å². The fourth-order valence-electron chi connectivity index (χ4n) is 8.21. The van der Waals surface area contributed by atoms with Gasteiger partial charge in [-0.1, -0.05) is 104 Å². The third-order valence-corrected chi connectivity index (χ3v) is 10.7. The lowest BCUT2D eigenvalue weighted by Crippen LogP contribution is -2.30. The van der Waals surface area contributed by atoms with Gasteiger partial charge in [0, 0.05) is 57.8 Å². The Hall–Kier alpha value is -5.80. The van der Waals surface area contributed by atoms with Crippen LogP contribution in [0.1, 0.15) is 43.2 Å². The van der Waals surface area contributed by atoms with Crippen molar-refractivity contribution in [2.75, 3.05) is 0 Å². The molecule has 0 spiro atoms. The molecule has 5 aromatic carbocycles. The highest BCUT2D eigenvalue weighted by Crippen LogP contribution is 2.46. The molecule has 1 aliphatic rings. The van der Waals surface area contributed by atoms with Crippen LogP contribution in [0.3, 0.4) is 0 Å². The van der Waals surface area contributed by atoms with Crippen molar-refractivity contribution in [3.63, 3.8) is 0 Å². The van der Waals surface area contributed by atoms with Crippen LogP contribution in [-0.4, -0.2) is 14.5 Å². The molecule has 1 saturated carbocycles. The molecule has 236 valence electrons. The van der Waals surface area contributed by atoms with Gasteiger partial charge >= 0.3 is 0 Å². The Morgan fingerprint density at radius 2 is 0.918 bits per heavy atom. The van der Waals surface area contributed by atoms with E-state index in [0.29, 0.717) is 0 Å². The average molecular weight is 632 g/mol. The Balaban J connectivity index is 1.10. The largest absolute Gasteiger partial charge is 0.309 e. The summed E-state index contributed by atoms with van der Waals surface area (Å²) >= 11 is 0. The second-order valence-corrected chi connectivity index (χ2v) is 13.4. The maximum atomic E-state index is 4.40. The van der Waals surface area contributed by atoms with Crippen molar-refractivity contribution in [2.45, 2.75) is 37.5 Å². The Bertz CT molecular complexity index is 2270. The molecule has 9 rings (SSSR count). The van der Waals surface area contributed by atoms with Crippen LogP contribution in [0.4, 0.5) is 0 Å². The van der Waals surface area contributed by atoms with Gasteiger partial charge in [0.1, 0.15) is 0 Å². The van der Waals surface area contributed by atoms with E-state index in [1.54, 1.807) is 0 Å². The molecular formula is C46H37N3. The average Bonchev–Trinajstić information content (AvgIpc) is 3.53. The normalized spacial score (nSPS) is 14.3. The highest BCUT2D eigenvalue weighted by molar-refractivity contribution is 6.09. The van der Waals surface area contributed by atoms with Gasteiger partial charge in [0.25, 0.3) is 0 Å². The smallest absolute Gasteiger partial charge is 0.0541 e. The first kappa shape index (κ1) is 29.3. The summed E-state index contributed by atoms with van der Waals surface area (Å²) in [4.78, 5) is 8.80. The van der Waals surface area contributed by atoms with E-state index in [-0.39, 0.29) is 5.41 Å². The SMILES string of the molecule is c1cncc(-c2cc(-c3ccc(C4(c5ccc(-n6c7ccccc7c7ccccc76)cc5)CCCCC4)cc3)cc(-c3cccnc3)c2)c1. The van der Waals surface area contributed by atoms with Gasteiger partial charge in [0.05, 0.1) is 11.0 Å². The van der Waals surface area contributed by atoms with Crippen molar-refractivity contribution in [1.82, 2.24) is 14.5 Å². The van der Waals surface area contributed by atoms with E-state index >= 15 is 0 Å². The van der Waals surface area contributed by atoms with Crippen LogP contribution in [-0.2, 0) is 5.41 Å². The molecule has 0 aliphatic heterocycles. The molecule has 3 nitrogen and oxygen atoms in total. The number of hydrogen-bond donors (Lipinski definition) is 0. The molecule has 0 bridgehead atoms. The second kappa shape index (κ2) is 12.3. The van der Waals surface area contributed by atoms with Gasteiger partial charge in [0.15, 0.2) is 0 Å². The molecule has 3 aromatic heterocycles. The maximum Gasteiger partial charge on any atom is 0.0541 e. The van der Waals surface area contributed by atoms with Crippen LogP contribution in [0.15, 0.2) is 164 Å². The second-order valence-electron chi connectivity index (χ2n) is 13.4. The van der Waals surface area contributed by atoms with E-state index in [1.165, 1.54) is 81.9 Å². The lowest BCUT2D eigenvalue weighted by Gasteiger charge is -2.39. The molecule has 0 atom stereocenters. The summed E-state index contributed by atoms with van der Waals surface area (Å²) in [6.45, 7) is 0. The molecule has 3 heteroatoms. The Morgan fingerprint density at radius 3 is 1.43 bits per heavy atom. The summed E-state index contributed by atoms with van der Waals surface area (Å²) in [5, 5.41) is 2.59. The van der Waals surface area contributed by atoms with E-state index in [4.69, 9.17) is 0 Å². The molecule has 0 N–H and O–H groups in total. The van der Waals surface area contributed by atoms with Crippen molar-refractivity contribution >= 4 is 21.8 Å². The first-order valence-electron chi connectivity index (χ1n) is 17.4. The fraction of sp³-hybridized carbons (Fsp3) is 0.130. The molecule has 49 heavy (non-hydrogen) atoms. The zero-order chi connectivity index (χ0) is 32.6. The predicted octanol–water partition coefficient (Wildman–Crippen LogP) is 11.8. The summed E-state index contributed by atoms with van der Waals surface area (Å²) in [6, 6.07) is 51.5. The van der Waals surface area contributed by atoms with Gasteiger partial charge in [-0.3, -0.25) is 9.97 Å². The van der Waals surface area contributed by atoms with E-state index in [2.05, 4.69) is 142 Å². The Morgan fingerprint density at radius 1 is 0.429 bits per heavy atom. The molecule has 1 aliphatic carbocycles. The highest BCUT2D eigenvalue weighted by atomic mass is 15.0. The zero-order valence-electron chi connectivity index (χ0n) is 27.5. The number of hydrogen-bond acceptors (Lipinski definition) is 2. The molecule has 3 heterocycles. The monoisotopic (exact) mass is 631 g/mol. The van der Waals surface area contributed by atoms with E-state index in [1.807, 2.05) is 36.9 Å². The number of para-hydroxylation sites is 2. The lowest BCUT2D eigenvalue weighted by molar-refractivity contribution is 0.346. The Labute approximate surface area is 287 Å². The van der Waals surface area contributed by atoms with Crippen LogP contribution in [0.5, 0.6) is 0 Å². The molecule has 0 amide bonds. The van der Waals surface area contributed by atoms with E-state index < -0.39 is 0 Å². The number of fused-ring (bicyclic) bond motifs is 3. The first-order chi connectivity index (χ1) is 24.3. The fourth-order valence-corrected chi connectivity index (χ4v) is 8.21. The number of aromatic nitrogens is 3. The van der Waals surface area contributed by atoms with Crippen molar-refractivity contribution in [3.8, 4) is 39.1 Å². The van der Waals surface area contributed by atoms with Crippen molar-refractivity contribution in [3.05, 3.63) is 175 Å². The molecule has 1 fully saturated rings. The first-order valence-corrected chi connectivity index (χ1v) is 17.4. The molecule has 8 aromatic rings. The van der Waals surface area contributed by atoms with Crippen LogP contribution >= 0.6 is 0 Å². The Kier molecular flexibility index (Phi) is 7.39. The third-order valence-electron chi connectivity index (χ3n) is 10.7. The predicted molar refractivity (Wildman–Crippen MR) is 203 cm³/mol. The summed E-state index contributed by atoms with van der Waals surface area (Å²) in [5.41, 5.74) is 13.5. The summed E-state index contributed by atoms with van der Waals surface area (Å²) in [5.74, 6) is 0. The number of pyridine rings is 2. The van der Waals surface area contributed by atoms with Crippen molar-refractivity contribution in [1.29, 1.82) is 0 Å². The summed E-state index contributed by atoms with van der Waals surface area (Å²) in [6.07, 6.45) is 13.7. The molecule has 0 unspecified atom stereocenters. The van der Waals surface area contributed by atoms with E-state index in [9.17, 15) is 0 Å². The third kappa shape index (κ3) is 5.23. The van der Waals surface area contributed by atoms with Gasteiger partial charge < -0.3 is 4.57 Å². The quantitative estimate of drug-likeness (QED) is 0.183. The summed E-state index contributed by atoms with van der Waals surface area (Å²) in [7, 11) is 0. The van der Waals surface area contributed by atoms with Crippen LogP contribution in [0.2, 0.25) is 0 Å². The zero-order valence-corrected chi connectivity index (χ0v) is 27.5. The standard InChI is InChI=1S/C46H37N3/c1-6-24-46(25-7-1,40-20-22-41(23-21-40)49-44-14-4-2-12-42(44)43-13-3-5-15-45(43)49)39-18-16-33(17-19-39)36-28-37(34-10-8-26-47-31-34)30-38(29-36)35-11-9-27-48-32-35/h2-5,8-23,26-32H,1,6-7,24-25H2. The number of benzene rings is 5. The maximum absolute atomic E-state index is 4.40. The van der Waals surface area contributed by atoms with Gasteiger partial charge in [0.2, 0.25) is 0 Å². The van der Waals surface area contributed by atoms with Gasteiger partial charge in [-0.15, -0.1) is 0 Å². The summed E-state index contributed by atoms with van der Waals surface area (Å²) < 4.78 is 2.41. The molecular weight excluding hydrogens is 595 g/mol. The lowest BCUT2D eigenvalue weighted by atomic mass is 9.65. The van der Waals surface area contributed by atoms with E-state index in [0.717, 1.165) is 22.3 Å². The number of rotatable bonds is 6. The van der Waals surface area contributed by atoms with Gasteiger partial charge in [-0.2, -0.15) is 0 Å². The highest BCUT2D eigenvalue weighted by Gasteiger charge is 2.35.